The normalized spacial score (nSPS) is 13.6. The minimum Gasteiger partial charge on any atom is -0.353 e. The zero-order valence-corrected chi connectivity index (χ0v) is 13.3. The van der Waals surface area contributed by atoms with E-state index in [1.54, 1.807) is 0 Å². The van der Waals surface area contributed by atoms with Crippen LogP contribution in [0.25, 0.3) is 0 Å². The second-order valence-electron chi connectivity index (χ2n) is 4.85. The Bertz CT molecular complexity index is 698. The molecule has 0 spiro atoms. The van der Waals surface area contributed by atoms with Gasteiger partial charge in [0.1, 0.15) is 0 Å². The van der Waals surface area contributed by atoms with Crippen molar-refractivity contribution in [2.45, 2.75) is 0 Å². The van der Waals surface area contributed by atoms with E-state index in [9.17, 15) is 9.59 Å². The van der Waals surface area contributed by atoms with Crippen LogP contribution in [0, 0.1) is 3.57 Å². The van der Waals surface area contributed by atoms with Crippen LogP contribution < -0.4 is 10.2 Å². The van der Waals surface area contributed by atoms with E-state index >= 15 is 0 Å². The summed E-state index contributed by atoms with van der Waals surface area (Å²) in [5.74, 6) is -0.0833. The number of ketones is 1. The Kier molecular flexibility index (Phi) is 3.92. The average molecular weight is 392 g/mol. The van der Waals surface area contributed by atoms with E-state index in [1.807, 2.05) is 53.4 Å². The Balaban J connectivity index is 1.83. The number of para-hydroxylation sites is 2. The lowest BCUT2D eigenvalue weighted by Gasteiger charge is -2.30. The highest BCUT2D eigenvalue weighted by molar-refractivity contribution is 14.1. The van der Waals surface area contributed by atoms with Crippen LogP contribution >= 0.6 is 22.6 Å². The lowest BCUT2D eigenvalue weighted by Crippen LogP contribution is -2.41. The molecule has 21 heavy (non-hydrogen) atoms. The van der Waals surface area contributed by atoms with Crippen molar-refractivity contribution in [1.29, 1.82) is 0 Å². The van der Waals surface area contributed by atoms with E-state index in [-0.39, 0.29) is 24.8 Å². The quantitative estimate of drug-likeness (QED) is 0.646. The van der Waals surface area contributed by atoms with Gasteiger partial charge in [0, 0.05) is 9.13 Å². The van der Waals surface area contributed by atoms with Crippen molar-refractivity contribution in [3.8, 4) is 0 Å². The number of benzene rings is 2. The SMILES string of the molecule is O=C1CN(CC(=O)c2ccc(I)cc2)c2ccccc2N1. The van der Waals surface area contributed by atoms with Gasteiger partial charge in [0.05, 0.1) is 24.5 Å². The molecule has 0 aliphatic carbocycles. The molecular formula is C16H13IN2O2. The summed E-state index contributed by atoms with van der Waals surface area (Å²) in [4.78, 5) is 25.9. The van der Waals surface area contributed by atoms with Gasteiger partial charge in [-0.3, -0.25) is 9.59 Å². The second kappa shape index (κ2) is 5.85. The van der Waals surface area contributed by atoms with Gasteiger partial charge < -0.3 is 10.2 Å². The third kappa shape index (κ3) is 3.07. The van der Waals surface area contributed by atoms with E-state index < -0.39 is 0 Å². The molecule has 0 radical (unpaired) electrons. The summed E-state index contributed by atoms with van der Waals surface area (Å²) in [7, 11) is 0. The van der Waals surface area contributed by atoms with Crippen molar-refractivity contribution >= 4 is 45.7 Å². The van der Waals surface area contributed by atoms with Crippen LogP contribution in [-0.4, -0.2) is 24.8 Å². The topological polar surface area (TPSA) is 49.4 Å². The van der Waals surface area contributed by atoms with Gasteiger partial charge in [-0.1, -0.05) is 24.3 Å². The number of hydrogen-bond donors (Lipinski definition) is 1. The summed E-state index contributed by atoms with van der Waals surface area (Å²) >= 11 is 2.20. The largest absolute Gasteiger partial charge is 0.353 e. The Morgan fingerprint density at radius 1 is 1.14 bits per heavy atom. The molecule has 0 saturated carbocycles. The number of Topliss-reactive ketones (excluding diaryl/α,β-unsaturated/α-hetero) is 1. The second-order valence-corrected chi connectivity index (χ2v) is 6.10. The molecule has 0 aromatic heterocycles. The van der Waals surface area contributed by atoms with E-state index in [1.165, 1.54) is 0 Å². The third-order valence-corrected chi connectivity index (χ3v) is 4.07. The van der Waals surface area contributed by atoms with Gasteiger partial charge in [-0.2, -0.15) is 0 Å². The molecule has 4 nitrogen and oxygen atoms in total. The lowest BCUT2D eigenvalue weighted by molar-refractivity contribution is -0.115. The number of carbonyl (C=O) groups is 2. The number of nitrogens with zero attached hydrogens (tertiary/aromatic N) is 1. The number of nitrogens with one attached hydrogen (secondary N) is 1. The fraction of sp³-hybridized carbons (Fsp3) is 0.125. The number of anilines is 2. The van der Waals surface area contributed by atoms with Gasteiger partial charge in [-0.05, 0) is 46.9 Å². The molecule has 1 amide bonds. The van der Waals surface area contributed by atoms with Crippen molar-refractivity contribution < 1.29 is 9.59 Å². The molecule has 0 bridgehead atoms. The highest BCUT2D eigenvalue weighted by Gasteiger charge is 2.23. The van der Waals surface area contributed by atoms with Gasteiger partial charge in [-0.25, -0.2) is 0 Å². The van der Waals surface area contributed by atoms with E-state index in [0.717, 1.165) is 14.9 Å². The van der Waals surface area contributed by atoms with Crippen LogP contribution in [0.5, 0.6) is 0 Å². The average Bonchev–Trinajstić information content (AvgIpc) is 2.47. The van der Waals surface area contributed by atoms with Gasteiger partial charge in [0.25, 0.3) is 0 Å². The van der Waals surface area contributed by atoms with Gasteiger partial charge >= 0.3 is 0 Å². The van der Waals surface area contributed by atoms with Crippen molar-refractivity contribution in [3.63, 3.8) is 0 Å². The summed E-state index contributed by atoms with van der Waals surface area (Å²) < 4.78 is 1.09. The minimum absolute atomic E-state index is 0.0101. The molecule has 1 aliphatic rings. The molecule has 0 atom stereocenters. The number of carbonyl (C=O) groups excluding carboxylic acids is 2. The standard InChI is InChI=1S/C16H13IN2O2/c17-12-7-5-11(6-8-12)15(20)9-19-10-16(21)18-13-3-1-2-4-14(13)19/h1-8H,9-10H2,(H,18,21). The smallest absolute Gasteiger partial charge is 0.243 e. The molecule has 2 aromatic carbocycles. The van der Waals surface area contributed by atoms with Crippen molar-refractivity contribution in [2.75, 3.05) is 23.3 Å². The van der Waals surface area contributed by atoms with Gasteiger partial charge in [0.2, 0.25) is 5.91 Å². The Labute approximate surface area is 136 Å². The van der Waals surface area contributed by atoms with Crippen LogP contribution in [0.2, 0.25) is 0 Å². The summed E-state index contributed by atoms with van der Waals surface area (Å²) in [5, 5.41) is 2.82. The van der Waals surface area contributed by atoms with Gasteiger partial charge in [-0.15, -0.1) is 0 Å². The Morgan fingerprint density at radius 2 is 1.86 bits per heavy atom. The monoisotopic (exact) mass is 392 g/mol. The van der Waals surface area contributed by atoms with Crippen LogP contribution in [0.15, 0.2) is 48.5 Å². The summed E-state index contributed by atoms with van der Waals surface area (Å²) in [6.45, 7) is 0.401. The lowest BCUT2D eigenvalue weighted by atomic mass is 10.1. The van der Waals surface area contributed by atoms with Crippen molar-refractivity contribution in [1.82, 2.24) is 0 Å². The summed E-state index contributed by atoms with van der Waals surface area (Å²) in [5.41, 5.74) is 2.30. The third-order valence-electron chi connectivity index (χ3n) is 3.35. The Morgan fingerprint density at radius 3 is 2.62 bits per heavy atom. The maximum absolute atomic E-state index is 12.4. The predicted molar refractivity (Wildman–Crippen MR) is 90.8 cm³/mol. The number of hydrogen-bond acceptors (Lipinski definition) is 3. The van der Waals surface area contributed by atoms with E-state index in [0.29, 0.717) is 5.56 Å². The Hall–Kier alpha value is -1.89. The molecule has 0 saturated heterocycles. The minimum atomic E-state index is -0.0934. The molecule has 5 heteroatoms. The number of halogens is 1. The first-order valence-electron chi connectivity index (χ1n) is 6.56. The van der Waals surface area contributed by atoms with E-state index in [4.69, 9.17) is 0 Å². The molecule has 1 aliphatic heterocycles. The first kappa shape index (κ1) is 14.1. The van der Waals surface area contributed by atoms with Crippen molar-refractivity contribution in [2.24, 2.45) is 0 Å². The van der Waals surface area contributed by atoms with Crippen LogP contribution in [0.1, 0.15) is 10.4 Å². The molecule has 0 unspecified atom stereocenters. The van der Waals surface area contributed by atoms with Crippen LogP contribution in [-0.2, 0) is 4.79 Å². The fourth-order valence-electron chi connectivity index (χ4n) is 2.34. The summed E-state index contributed by atoms with van der Waals surface area (Å²) in [6.07, 6.45) is 0. The molecule has 3 rings (SSSR count). The zero-order chi connectivity index (χ0) is 14.8. The fourth-order valence-corrected chi connectivity index (χ4v) is 2.70. The maximum atomic E-state index is 12.4. The number of amides is 1. The summed E-state index contributed by atoms with van der Waals surface area (Å²) in [6, 6.07) is 15.0. The maximum Gasteiger partial charge on any atom is 0.243 e. The van der Waals surface area contributed by atoms with Gasteiger partial charge in [0.15, 0.2) is 5.78 Å². The van der Waals surface area contributed by atoms with Crippen LogP contribution in [0.4, 0.5) is 11.4 Å². The number of fused-ring (bicyclic) bond motifs is 1. The first-order chi connectivity index (χ1) is 10.1. The number of rotatable bonds is 3. The molecule has 106 valence electrons. The van der Waals surface area contributed by atoms with Crippen LogP contribution in [0.3, 0.4) is 0 Å². The van der Waals surface area contributed by atoms with Crippen molar-refractivity contribution in [3.05, 3.63) is 57.7 Å². The molecule has 0 fully saturated rings. The zero-order valence-electron chi connectivity index (χ0n) is 11.2. The highest BCUT2D eigenvalue weighted by Crippen LogP contribution is 2.28. The first-order valence-corrected chi connectivity index (χ1v) is 7.64. The van der Waals surface area contributed by atoms with E-state index in [2.05, 4.69) is 27.9 Å². The molecular weight excluding hydrogens is 379 g/mol. The molecule has 1 heterocycles. The predicted octanol–water partition coefficient (Wildman–Crippen LogP) is 2.93. The highest BCUT2D eigenvalue weighted by atomic mass is 127. The molecule has 1 N–H and O–H groups in total. The molecule has 2 aromatic rings.